The number of rotatable bonds is 31. The van der Waals surface area contributed by atoms with Gasteiger partial charge in [0.15, 0.2) is 0 Å². The summed E-state index contributed by atoms with van der Waals surface area (Å²) < 4.78 is 44.3. The summed E-state index contributed by atoms with van der Waals surface area (Å²) in [6.07, 6.45) is 9.89. The Morgan fingerprint density at radius 1 is 0.455 bits per heavy atom. The fourth-order valence-electron chi connectivity index (χ4n) is 4.14. The van der Waals surface area contributed by atoms with E-state index in [1.165, 1.54) is 44.1 Å². The largest absolute Gasteiger partial charge is 0.491 e. The van der Waals surface area contributed by atoms with Crippen LogP contribution in [0.1, 0.15) is 61.4 Å². The summed E-state index contributed by atoms with van der Waals surface area (Å²) in [7, 11) is 0. The van der Waals surface area contributed by atoms with Gasteiger partial charge < -0.3 is 37.9 Å². The lowest BCUT2D eigenvalue weighted by Gasteiger charge is -2.09. The van der Waals surface area contributed by atoms with Crippen LogP contribution in [-0.4, -0.2) is 98.8 Å². The number of aldehydes is 1. The van der Waals surface area contributed by atoms with Crippen molar-refractivity contribution in [1.82, 2.24) is 0 Å². The normalized spacial score (nSPS) is 11.1. The van der Waals surface area contributed by atoms with E-state index in [1.807, 2.05) is 12.1 Å². The number of unbranched alkanes of at least 4 members (excludes halogenated alkanes) is 5. The van der Waals surface area contributed by atoms with Crippen molar-refractivity contribution in [2.75, 3.05) is 92.5 Å². The molecule has 0 aliphatic rings. The molecule has 2 rings (SSSR count). The fraction of sp³-hybridized carbons (Fsp3) is 0.629. The molecule has 0 aliphatic heterocycles. The Bertz CT molecular complexity index is 905. The van der Waals surface area contributed by atoms with Gasteiger partial charge in [0.1, 0.15) is 31.0 Å². The molecule has 0 bridgehead atoms. The van der Waals surface area contributed by atoms with Crippen molar-refractivity contribution in [3.8, 4) is 11.5 Å². The van der Waals surface area contributed by atoms with Crippen LogP contribution in [0.2, 0.25) is 0 Å². The zero-order chi connectivity index (χ0) is 31.2. The number of carbonyl (C=O) groups is 1. The van der Waals surface area contributed by atoms with Gasteiger partial charge >= 0.3 is 0 Å². The van der Waals surface area contributed by atoms with Gasteiger partial charge in [-0.15, -0.1) is 0 Å². The maximum absolute atomic E-state index is 10.6. The summed E-state index contributed by atoms with van der Waals surface area (Å²) in [4.78, 5) is 10.6. The molecule has 0 N–H and O–H groups in total. The van der Waals surface area contributed by atoms with E-state index in [9.17, 15) is 4.79 Å². The van der Waals surface area contributed by atoms with Gasteiger partial charge in [-0.2, -0.15) is 0 Å². The molecule has 9 heteroatoms. The van der Waals surface area contributed by atoms with Crippen LogP contribution in [0, 0.1) is 0 Å². The van der Waals surface area contributed by atoms with E-state index < -0.39 is 0 Å². The highest BCUT2D eigenvalue weighted by Crippen LogP contribution is 2.15. The molecular formula is C35H54O9. The molecule has 9 nitrogen and oxygen atoms in total. The highest BCUT2D eigenvalue weighted by atomic mass is 16.6. The van der Waals surface area contributed by atoms with Crippen LogP contribution in [0.25, 0.3) is 0 Å². The minimum atomic E-state index is 0.438. The van der Waals surface area contributed by atoms with Crippen molar-refractivity contribution in [3.05, 3.63) is 59.7 Å². The van der Waals surface area contributed by atoms with E-state index in [1.54, 1.807) is 24.3 Å². The topological polar surface area (TPSA) is 90.9 Å². The highest BCUT2D eigenvalue weighted by molar-refractivity contribution is 5.74. The molecule has 44 heavy (non-hydrogen) atoms. The standard InChI is InChI=1S/C35H54O9/c1-2-3-4-5-6-7-8-32-9-13-34(14-10-32)43-29-27-41-25-23-39-21-19-37-17-18-38-20-22-40-24-26-42-28-30-44-35-15-11-33(31-36)12-16-35/h9-16,31H,2-8,17-30H2,1H3. The first-order valence-electron chi connectivity index (χ1n) is 16.2. The molecule has 0 aliphatic carbocycles. The lowest BCUT2D eigenvalue weighted by Crippen LogP contribution is -2.15. The van der Waals surface area contributed by atoms with Gasteiger partial charge in [-0.3, -0.25) is 4.79 Å². The Balaban J connectivity index is 1.24. The molecule has 2 aromatic carbocycles. The van der Waals surface area contributed by atoms with E-state index >= 15 is 0 Å². The average molecular weight is 619 g/mol. The van der Waals surface area contributed by atoms with E-state index in [-0.39, 0.29) is 0 Å². The maximum Gasteiger partial charge on any atom is 0.150 e. The average Bonchev–Trinajstić information content (AvgIpc) is 3.06. The van der Waals surface area contributed by atoms with E-state index in [0.717, 1.165) is 18.5 Å². The summed E-state index contributed by atoms with van der Waals surface area (Å²) >= 11 is 0. The van der Waals surface area contributed by atoms with Crippen molar-refractivity contribution >= 4 is 6.29 Å². The fourth-order valence-corrected chi connectivity index (χ4v) is 4.14. The van der Waals surface area contributed by atoms with Gasteiger partial charge in [0.25, 0.3) is 0 Å². The first-order valence-corrected chi connectivity index (χ1v) is 16.2. The minimum Gasteiger partial charge on any atom is -0.491 e. The SMILES string of the molecule is CCCCCCCCc1ccc(OCCOCCOCCOCCOCCOCCOCCOc2ccc(C=O)cc2)cc1. The van der Waals surface area contributed by atoms with Gasteiger partial charge in [-0.25, -0.2) is 0 Å². The van der Waals surface area contributed by atoms with Crippen LogP contribution in [-0.2, 0) is 34.8 Å². The Morgan fingerprint density at radius 3 is 1.23 bits per heavy atom. The molecule has 0 heterocycles. The third kappa shape index (κ3) is 21.2. The molecule has 2 aromatic rings. The van der Waals surface area contributed by atoms with E-state index in [0.29, 0.717) is 104 Å². The summed E-state index contributed by atoms with van der Waals surface area (Å²) in [5, 5.41) is 0. The predicted molar refractivity (Wildman–Crippen MR) is 171 cm³/mol. The highest BCUT2D eigenvalue weighted by Gasteiger charge is 1.99. The Kier molecular flexibility index (Phi) is 23.9. The van der Waals surface area contributed by atoms with Crippen molar-refractivity contribution in [3.63, 3.8) is 0 Å². The molecule has 248 valence electrons. The minimum absolute atomic E-state index is 0.438. The van der Waals surface area contributed by atoms with E-state index in [4.69, 9.17) is 37.9 Å². The Hall–Kier alpha value is -2.53. The molecule has 0 unspecified atom stereocenters. The number of hydrogen-bond acceptors (Lipinski definition) is 9. The first kappa shape index (κ1) is 37.7. The second kappa shape index (κ2) is 28.0. The smallest absolute Gasteiger partial charge is 0.150 e. The molecule has 0 fully saturated rings. The number of ether oxygens (including phenoxy) is 8. The molecular weight excluding hydrogens is 564 g/mol. The van der Waals surface area contributed by atoms with Crippen molar-refractivity contribution in [1.29, 1.82) is 0 Å². The Labute approximate surface area is 264 Å². The number of hydrogen-bond donors (Lipinski definition) is 0. The lowest BCUT2D eigenvalue weighted by molar-refractivity contribution is -0.0187. The molecule has 0 saturated heterocycles. The summed E-state index contributed by atoms with van der Waals surface area (Å²) in [5.74, 6) is 1.59. The zero-order valence-corrected chi connectivity index (χ0v) is 26.7. The molecule has 0 amide bonds. The third-order valence-corrected chi connectivity index (χ3v) is 6.61. The van der Waals surface area contributed by atoms with Crippen molar-refractivity contribution < 1.29 is 42.7 Å². The molecule has 0 spiro atoms. The summed E-state index contributed by atoms with van der Waals surface area (Å²) in [6, 6.07) is 15.4. The van der Waals surface area contributed by atoms with Gasteiger partial charge in [0.05, 0.1) is 79.3 Å². The van der Waals surface area contributed by atoms with Crippen LogP contribution < -0.4 is 9.47 Å². The van der Waals surface area contributed by atoms with Crippen LogP contribution in [0.5, 0.6) is 11.5 Å². The van der Waals surface area contributed by atoms with Crippen LogP contribution in [0.15, 0.2) is 48.5 Å². The quantitative estimate of drug-likeness (QED) is 0.0750. The number of carbonyl (C=O) groups excluding carboxylic acids is 1. The second-order valence-electron chi connectivity index (χ2n) is 10.2. The van der Waals surface area contributed by atoms with Crippen molar-refractivity contribution in [2.24, 2.45) is 0 Å². The molecule has 0 radical (unpaired) electrons. The van der Waals surface area contributed by atoms with Gasteiger partial charge in [0, 0.05) is 5.56 Å². The lowest BCUT2D eigenvalue weighted by atomic mass is 10.0. The van der Waals surface area contributed by atoms with Crippen LogP contribution in [0.3, 0.4) is 0 Å². The second-order valence-corrected chi connectivity index (χ2v) is 10.2. The number of aryl methyl sites for hydroxylation is 1. The first-order chi connectivity index (χ1) is 21.8. The summed E-state index contributed by atoms with van der Waals surface area (Å²) in [6.45, 7) is 9.31. The maximum atomic E-state index is 10.6. The summed E-state index contributed by atoms with van der Waals surface area (Å²) in [5.41, 5.74) is 2.00. The Morgan fingerprint density at radius 2 is 0.818 bits per heavy atom. The molecule has 0 saturated carbocycles. The zero-order valence-electron chi connectivity index (χ0n) is 26.7. The number of benzene rings is 2. The van der Waals surface area contributed by atoms with Crippen molar-refractivity contribution in [2.45, 2.75) is 51.9 Å². The third-order valence-electron chi connectivity index (χ3n) is 6.61. The van der Waals surface area contributed by atoms with Gasteiger partial charge in [-0.1, -0.05) is 51.2 Å². The van der Waals surface area contributed by atoms with Gasteiger partial charge in [0.2, 0.25) is 0 Å². The van der Waals surface area contributed by atoms with Crippen LogP contribution in [0.4, 0.5) is 0 Å². The molecule has 0 aromatic heterocycles. The predicted octanol–water partition coefficient (Wildman–Crippen LogP) is 5.96. The molecule has 0 atom stereocenters. The van der Waals surface area contributed by atoms with Crippen LogP contribution >= 0.6 is 0 Å². The van der Waals surface area contributed by atoms with E-state index in [2.05, 4.69) is 19.1 Å². The van der Waals surface area contributed by atoms with Gasteiger partial charge in [-0.05, 0) is 54.8 Å². The monoisotopic (exact) mass is 618 g/mol.